The summed E-state index contributed by atoms with van der Waals surface area (Å²) in [7, 11) is 0. The average Bonchev–Trinajstić information content (AvgIpc) is 3.33. The zero-order valence-corrected chi connectivity index (χ0v) is 20.1. The molecule has 4 rings (SSSR count). The lowest BCUT2D eigenvalue weighted by Gasteiger charge is -2.25. The first kappa shape index (κ1) is 22.1. The molecule has 1 saturated heterocycles. The largest absolute Gasteiger partial charge is 0.357 e. The SMILES string of the molecule is CCNC(=NCC1CCc2nnc(C)n2C1)N1CCC(c2ccccc2C)C1.I. The van der Waals surface area contributed by atoms with Crippen molar-refractivity contribution in [3.05, 3.63) is 47.0 Å². The van der Waals surface area contributed by atoms with E-state index in [-0.39, 0.29) is 24.0 Å². The van der Waals surface area contributed by atoms with Crippen molar-refractivity contribution in [3.8, 4) is 0 Å². The lowest BCUT2D eigenvalue weighted by atomic mass is 9.94. The number of fused-ring (bicyclic) bond motifs is 1. The van der Waals surface area contributed by atoms with Crippen LogP contribution in [0.2, 0.25) is 0 Å². The quantitative estimate of drug-likeness (QED) is 0.390. The number of hydrogen-bond acceptors (Lipinski definition) is 3. The van der Waals surface area contributed by atoms with Crippen molar-refractivity contribution < 1.29 is 0 Å². The van der Waals surface area contributed by atoms with E-state index in [0.29, 0.717) is 11.8 Å². The zero-order chi connectivity index (χ0) is 19.5. The average molecular weight is 508 g/mol. The number of nitrogens with zero attached hydrogens (tertiary/aromatic N) is 5. The summed E-state index contributed by atoms with van der Waals surface area (Å²) < 4.78 is 2.26. The second-order valence-electron chi connectivity index (χ2n) is 8.16. The number of nitrogens with one attached hydrogen (secondary N) is 1. The molecule has 6 nitrogen and oxygen atoms in total. The van der Waals surface area contributed by atoms with E-state index in [1.165, 1.54) is 17.5 Å². The third kappa shape index (κ3) is 4.92. The summed E-state index contributed by atoms with van der Waals surface area (Å²) in [6.07, 6.45) is 3.35. The highest BCUT2D eigenvalue weighted by Crippen LogP contribution is 2.29. The molecule has 0 spiro atoms. The highest BCUT2D eigenvalue weighted by atomic mass is 127. The molecule has 1 aromatic carbocycles. The van der Waals surface area contributed by atoms with Crippen LogP contribution >= 0.6 is 24.0 Å². The van der Waals surface area contributed by atoms with Crippen LogP contribution in [0.5, 0.6) is 0 Å². The Morgan fingerprint density at radius 2 is 2.00 bits per heavy atom. The van der Waals surface area contributed by atoms with E-state index >= 15 is 0 Å². The number of guanidine groups is 1. The number of aryl methyl sites for hydroxylation is 3. The Balaban J connectivity index is 0.00000240. The van der Waals surface area contributed by atoms with Crippen LogP contribution in [0.15, 0.2) is 29.3 Å². The Hall–Kier alpha value is -1.64. The smallest absolute Gasteiger partial charge is 0.193 e. The minimum absolute atomic E-state index is 0. The highest BCUT2D eigenvalue weighted by molar-refractivity contribution is 14.0. The predicted molar refractivity (Wildman–Crippen MR) is 128 cm³/mol. The number of aromatic nitrogens is 3. The third-order valence-electron chi connectivity index (χ3n) is 6.18. The normalized spacial score (nSPS) is 21.6. The molecule has 0 saturated carbocycles. The molecular formula is C22H33IN6. The van der Waals surface area contributed by atoms with E-state index in [1.54, 1.807) is 0 Å². The van der Waals surface area contributed by atoms with Gasteiger partial charge in [-0.25, -0.2) is 0 Å². The monoisotopic (exact) mass is 508 g/mol. The second-order valence-corrected chi connectivity index (χ2v) is 8.16. The molecule has 2 aliphatic rings. The molecule has 158 valence electrons. The van der Waals surface area contributed by atoms with Gasteiger partial charge in [0.1, 0.15) is 11.6 Å². The Bertz CT molecular complexity index is 846. The van der Waals surface area contributed by atoms with Gasteiger partial charge in [-0.1, -0.05) is 24.3 Å². The van der Waals surface area contributed by atoms with Crippen LogP contribution in [0, 0.1) is 19.8 Å². The van der Waals surface area contributed by atoms with Gasteiger partial charge in [-0.05, 0) is 50.7 Å². The zero-order valence-electron chi connectivity index (χ0n) is 17.8. The number of aliphatic imine (C=N–C) groups is 1. The first-order valence-corrected chi connectivity index (χ1v) is 10.6. The van der Waals surface area contributed by atoms with Crippen molar-refractivity contribution in [2.24, 2.45) is 10.9 Å². The van der Waals surface area contributed by atoms with Gasteiger partial charge in [0, 0.05) is 45.1 Å². The summed E-state index contributed by atoms with van der Waals surface area (Å²) in [5, 5.41) is 12.0. The van der Waals surface area contributed by atoms with E-state index in [9.17, 15) is 0 Å². The molecule has 0 bridgehead atoms. The van der Waals surface area contributed by atoms with E-state index < -0.39 is 0 Å². The summed E-state index contributed by atoms with van der Waals surface area (Å²) in [6, 6.07) is 8.80. The number of benzene rings is 1. The summed E-state index contributed by atoms with van der Waals surface area (Å²) in [4.78, 5) is 7.48. The standard InChI is InChI=1S/C22H32N6.HI/c1-4-23-22(24-13-18-9-10-21-26-25-17(3)28(21)14-18)27-12-11-19(15-27)20-8-6-5-7-16(20)2;/h5-8,18-19H,4,9-15H2,1-3H3,(H,23,24);1H. The molecule has 1 fully saturated rings. The molecule has 29 heavy (non-hydrogen) atoms. The molecule has 2 unspecified atom stereocenters. The fourth-order valence-corrected chi connectivity index (χ4v) is 4.57. The Labute approximate surface area is 191 Å². The van der Waals surface area contributed by atoms with Crippen LogP contribution in [0.3, 0.4) is 0 Å². The van der Waals surface area contributed by atoms with E-state index in [4.69, 9.17) is 4.99 Å². The molecule has 2 aliphatic heterocycles. The van der Waals surface area contributed by atoms with E-state index in [0.717, 1.165) is 63.2 Å². The third-order valence-corrected chi connectivity index (χ3v) is 6.18. The van der Waals surface area contributed by atoms with Gasteiger partial charge in [-0.3, -0.25) is 4.99 Å². The molecule has 0 amide bonds. The first-order chi connectivity index (χ1) is 13.7. The van der Waals surface area contributed by atoms with Crippen LogP contribution in [-0.2, 0) is 13.0 Å². The van der Waals surface area contributed by atoms with Crippen molar-refractivity contribution in [2.75, 3.05) is 26.2 Å². The van der Waals surface area contributed by atoms with Crippen LogP contribution in [0.1, 0.15) is 48.5 Å². The molecule has 0 radical (unpaired) electrons. The first-order valence-electron chi connectivity index (χ1n) is 10.6. The van der Waals surface area contributed by atoms with Gasteiger partial charge in [0.05, 0.1) is 0 Å². The molecule has 7 heteroatoms. The van der Waals surface area contributed by atoms with Crippen molar-refractivity contribution in [1.82, 2.24) is 25.0 Å². The van der Waals surface area contributed by atoms with Crippen molar-refractivity contribution in [1.29, 1.82) is 0 Å². The van der Waals surface area contributed by atoms with Crippen LogP contribution < -0.4 is 5.32 Å². The fourth-order valence-electron chi connectivity index (χ4n) is 4.57. The predicted octanol–water partition coefficient (Wildman–Crippen LogP) is 3.53. The second kappa shape index (κ2) is 9.91. The molecule has 2 atom stereocenters. The molecule has 1 aromatic heterocycles. The number of halogens is 1. The summed E-state index contributed by atoms with van der Waals surface area (Å²) >= 11 is 0. The summed E-state index contributed by atoms with van der Waals surface area (Å²) in [6.45, 7) is 11.3. The topological polar surface area (TPSA) is 58.3 Å². The van der Waals surface area contributed by atoms with E-state index in [1.807, 2.05) is 6.92 Å². The molecular weight excluding hydrogens is 475 g/mol. The Morgan fingerprint density at radius 3 is 2.79 bits per heavy atom. The maximum Gasteiger partial charge on any atom is 0.193 e. The van der Waals surface area contributed by atoms with Gasteiger partial charge in [-0.15, -0.1) is 34.2 Å². The van der Waals surface area contributed by atoms with Crippen molar-refractivity contribution in [3.63, 3.8) is 0 Å². The minimum Gasteiger partial charge on any atom is -0.357 e. The molecule has 3 heterocycles. The van der Waals surface area contributed by atoms with E-state index in [2.05, 4.69) is 63.1 Å². The van der Waals surface area contributed by atoms with Gasteiger partial charge >= 0.3 is 0 Å². The van der Waals surface area contributed by atoms with Gasteiger partial charge in [0.15, 0.2) is 5.96 Å². The maximum atomic E-state index is 5.03. The van der Waals surface area contributed by atoms with Crippen LogP contribution in [-0.4, -0.2) is 51.8 Å². The van der Waals surface area contributed by atoms with Gasteiger partial charge in [-0.2, -0.15) is 0 Å². The highest BCUT2D eigenvalue weighted by Gasteiger charge is 2.27. The minimum atomic E-state index is 0. The summed E-state index contributed by atoms with van der Waals surface area (Å²) in [5.74, 6) is 4.39. The maximum absolute atomic E-state index is 5.03. The van der Waals surface area contributed by atoms with Crippen LogP contribution in [0.4, 0.5) is 0 Å². The lowest BCUT2D eigenvalue weighted by molar-refractivity contribution is 0.367. The Morgan fingerprint density at radius 1 is 1.17 bits per heavy atom. The Kier molecular flexibility index (Phi) is 7.54. The van der Waals surface area contributed by atoms with Gasteiger partial charge in [0.25, 0.3) is 0 Å². The number of hydrogen-bond donors (Lipinski definition) is 1. The van der Waals surface area contributed by atoms with Gasteiger partial charge < -0.3 is 14.8 Å². The fraction of sp³-hybridized carbons (Fsp3) is 0.591. The van der Waals surface area contributed by atoms with Crippen molar-refractivity contribution >= 4 is 29.9 Å². The van der Waals surface area contributed by atoms with Crippen molar-refractivity contribution in [2.45, 2.75) is 52.5 Å². The lowest BCUT2D eigenvalue weighted by Crippen LogP contribution is -2.40. The van der Waals surface area contributed by atoms with Crippen LogP contribution in [0.25, 0.3) is 0 Å². The summed E-state index contributed by atoms with van der Waals surface area (Å²) in [5.41, 5.74) is 2.89. The number of likely N-dealkylation sites (tertiary alicyclic amines) is 1. The molecule has 0 aliphatic carbocycles. The molecule has 2 aromatic rings. The van der Waals surface area contributed by atoms with Gasteiger partial charge in [0.2, 0.25) is 0 Å². The number of rotatable bonds is 4. The molecule has 1 N–H and O–H groups in total.